The standard InChI is InChI=1S/C21H25N3O3S/c1-3-22-18(25)13-23-21(27)16-10-11-19(26)24(15-8-6-14(2)7-9-15)20(16)17-5-4-12-28-17/h4-9,12,16,20H,3,10-11,13H2,1-2H3,(H,22,25)(H,23,27). The second kappa shape index (κ2) is 9.01. The molecule has 2 unspecified atom stereocenters. The molecule has 0 bridgehead atoms. The van der Waals surface area contributed by atoms with E-state index in [0.717, 1.165) is 16.1 Å². The summed E-state index contributed by atoms with van der Waals surface area (Å²) in [5.74, 6) is -0.817. The fourth-order valence-electron chi connectivity index (χ4n) is 3.52. The van der Waals surface area contributed by atoms with Gasteiger partial charge in [0, 0.05) is 23.5 Å². The number of aryl methyl sites for hydroxylation is 1. The van der Waals surface area contributed by atoms with Crippen molar-refractivity contribution in [1.82, 2.24) is 10.6 Å². The molecule has 2 atom stereocenters. The topological polar surface area (TPSA) is 78.5 Å². The van der Waals surface area contributed by atoms with E-state index in [2.05, 4.69) is 10.6 Å². The maximum absolute atomic E-state index is 12.9. The van der Waals surface area contributed by atoms with Crippen LogP contribution in [0.5, 0.6) is 0 Å². The predicted octanol–water partition coefficient (Wildman–Crippen LogP) is 2.79. The third-order valence-electron chi connectivity index (χ3n) is 4.88. The fraction of sp³-hybridized carbons (Fsp3) is 0.381. The lowest BCUT2D eigenvalue weighted by molar-refractivity contribution is -0.131. The molecule has 0 saturated carbocycles. The van der Waals surface area contributed by atoms with Crippen molar-refractivity contribution >= 4 is 34.7 Å². The smallest absolute Gasteiger partial charge is 0.239 e. The van der Waals surface area contributed by atoms with E-state index in [4.69, 9.17) is 0 Å². The average molecular weight is 400 g/mol. The molecule has 2 N–H and O–H groups in total. The molecule has 3 rings (SSSR count). The highest BCUT2D eigenvalue weighted by molar-refractivity contribution is 7.10. The number of anilines is 1. The number of hydrogen-bond acceptors (Lipinski definition) is 4. The minimum atomic E-state index is -0.410. The maximum atomic E-state index is 12.9. The van der Waals surface area contributed by atoms with Crippen LogP contribution in [0.2, 0.25) is 0 Å². The summed E-state index contributed by atoms with van der Waals surface area (Å²) in [6.45, 7) is 4.29. The van der Waals surface area contributed by atoms with Gasteiger partial charge in [-0.2, -0.15) is 0 Å². The van der Waals surface area contributed by atoms with E-state index in [1.165, 1.54) is 11.3 Å². The average Bonchev–Trinajstić information content (AvgIpc) is 3.21. The van der Waals surface area contributed by atoms with Crippen molar-refractivity contribution in [2.24, 2.45) is 5.92 Å². The molecule has 1 aliphatic rings. The Morgan fingerprint density at radius 1 is 1.18 bits per heavy atom. The Labute approximate surface area is 168 Å². The highest BCUT2D eigenvalue weighted by Gasteiger charge is 2.41. The highest BCUT2D eigenvalue weighted by Crippen LogP contribution is 2.41. The number of thiophene rings is 1. The zero-order chi connectivity index (χ0) is 20.1. The Hall–Kier alpha value is -2.67. The summed E-state index contributed by atoms with van der Waals surface area (Å²) in [6, 6.07) is 11.3. The SMILES string of the molecule is CCNC(=O)CNC(=O)C1CCC(=O)N(c2ccc(C)cc2)C1c1cccs1. The minimum absolute atomic E-state index is 0.00929. The van der Waals surface area contributed by atoms with Crippen LogP contribution in [-0.4, -0.2) is 30.8 Å². The summed E-state index contributed by atoms with van der Waals surface area (Å²) in [4.78, 5) is 40.2. The van der Waals surface area contributed by atoms with Crippen LogP contribution in [0.1, 0.15) is 36.2 Å². The van der Waals surface area contributed by atoms with Gasteiger partial charge in [-0.15, -0.1) is 11.3 Å². The molecule has 3 amide bonds. The number of nitrogens with zero attached hydrogens (tertiary/aromatic N) is 1. The van der Waals surface area contributed by atoms with Gasteiger partial charge >= 0.3 is 0 Å². The van der Waals surface area contributed by atoms with Crippen molar-refractivity contribution in [3.05, 3.63) is 52.2 Å². The number of hydrogen-bond donors (Lipinski definition) is 2. The van der Waals surface area contributed by atoms with Gasteiger partial charge in [0.1, 0.15) is 0 Å². The molecule has 1 aromatic heterocycles. The summed E-state index contributed by atoms with van der Waals surface area (Å²) in [6.07, 6.45) is 0.764. The summed E-state index contributed by atoms with van der Waals surface area (Å²) in [7, 11) is 0. The molecule has 1 saturated heterocycles. The number of likely N-dealkylation sites (N-methyl/N-ethyl adjacent to an activating group) is 1. The Bertz CT molecular complexity index is 833. The van der Waals surface area contributed by atoms with Gasteiger partial charge in [0.15, 0.2) is 0 Å². The lowest BCUT2D eigenvalue weighted by Crippen LogP contribution is -2.49. The van der Waals surface area contributed by atoms with Gasteiger partial charge in [0.05, 0.1) is 18.5 Å². The van der Waals surface area contributed by atoms with Crippen molar-refractivity contribution in [3.8, 4) is 0 Å². The maximum Gasteiger partial charge on any atom is 0.239 e. The number of carbonyl (C=O) groups is 3. The highest BCUT2D eigenvalue weighted by atomic mass is 32.1. The Balaban J connectivity index is 1.89. The van der Waals surface area contributed by atoms with E-state index < -0.39 is 5.92 Å². The molecule has 0 spiro atoms. The van der Waals surface area contributed by atoms with Gasteiger partial charge in [0.2, 0.25) is 17.7 Å². The first-order valence-electron chi connectivity index (χ1n) is 9.47. The summed E-state index contributed by atoms with van der Waals surface area (Å²) >= 11 is 1.53. The largest absolute Gasteiger partial charge is 0.355 e. The number of nitrogens with one attached hydrogen (secondary N) is 2. The van der Waals surface area contributed by atoms with E-state index in [0.29, 0.717) is 19.4 Å². The first kappa shape index (κ1) is 20.1. The lowest BCUT2D eigenvalue weighted by atomic mass is 9.86. The van der Waals surface area contributed by atoms with E-state index in [1.807, 2.05) is 55.6 Å². The van der Waals surface area contributed by atoms with Crippen molar-refractivity contribution in [2.75, 3.05) is 18.0 Å². The number of piperidine rings is 1. The first-order chi connectivity index (χ1) is 13.5. The molecule has 28 heavy (non-hydrogen) atoms. The van der Waals surface area contributed by atoms with Crippen molar-refractivity contribution in [1.29, 1.82) is 0 Å². The zero-order valence-corrected chi connectivity index (χ0v) is 16.9. The molecule has 148 valence electrons. The summed E-state index contributed by atoms with van der Waals surface area (Å²) in [5.41, 5.74) is 1.90. The van der Waals surface area contributed by atoms with Crippen molar-refractivity contribution in [3.63, 3.8) is 0 Å². The van der Waals surface area contributed by atoms with Crippen LogP contribution in [0, 0.1) is 12.8 Å². The van der Waals surface area contributed by atoms with Crippen molar-refractivity contribution in [2.45, 2.75) is 32.7 Å². The van der Waals surface area contributed by atoms with Crippen LogP contribution in [0.4, 0.5) is 5.69 Å². The molecule has 1 aromatic carbocycles. The molecule has 2 aromatic rings. The Morgan fingerprint density at radius 2 is 1.93 bits per heavy atom. The molecule has 0 aliphatic carbocycles. The summed E-state index contributed by atoms with van der Waals surface area (Å²) in [5, 5.41) is 7.36. The van der Waals surface area contributed by atoms with Crippen LogP contribution >= 0.6 is 11.3 Å². The fourth-order valence-corrected chi connectivity index (χ4v) is 4.40. The molecular formula is C21H25N3O3S. The quantitative estimate of drug-likeness (QED) is 0.784. The van der Waals surface area contributed by atoms with E-state index in [9.17, 15) is 14.4 Å². The van der Waals surface area contributed by atoms with E-state index >= 15 is 0 Å². The van der Waals surface area contributed by atoms with E-state index in [-0.39, 0.29) is 30.3 Å². The zero-order valence-electron chi connectivity index (χ0n) is 16.1. The van der Waals surface area contributed by atoms with Crippen molar-refractivity contribution < 1.29 is 14.4 Å². The van der Waals surface area contributed by atoms with E-state index in [1.54, 1.807) is 4.90 Å². The predicted molar refractivity (Wildman–Crippen MR) is 110 cm³/mol. The van der Waals surface area contributed by atoms with Gasteiger partial charge in [-0.1, -0.05) is 23.8 Å². The molecule has 6 nitrogen and oxygen atoms in total. The van der Waals surface area contributed by atoms with Crippen LogP contribution in [0.3, 0.4) is 0 Å². The summed E-state index contributed by atoms with van der Waals surface area (Å²) < 4.78 is 0. The number of carbonyl (C=O) groups excluding carboxylic acids is 3. The first-order valence-corrected chi connectivity index (χ1v) is 10.4. The van der Waals surface area contributed by atoms with Crippen LogP contribution in [0.25, 0.3) is 0 Å². The molecule has 1 aliphatic heterocycles. The van der Waals surface area contributed by atoms with Crippen LogP contribution in [-0.2, 0) is 14.4 Å². The second-order valence-corrected chi connectivity index (χ2v) is 7.86. The van der Waals surface area contributed by atoms with Gasteiger partial charge < -0.3 is 15.5 Å². The third kappa shape index (κ3) is 4.42. The number of amides is 3. The van der Waals surface area contributed by atoms with Crippen LogP contribution in [0.15, 0.2) is 41.8 Å². The number of benzene rings is 1. The molecule has 1 fully saturated rings. The third-order valence-corrected chi connectivity index (χ3v) is 5.82. The minimum Gasteiger partial charge on any atom is -0.355 e. The van der Waals surface area contributed by atoms with Crippen LogP contribution < -0.4 is 15.5 Å². The molecule has 7 heteroatoms. The lowest BCUT2D eigenvalue weighted by Gasteiger charge is -2.40. The molecular weight excluding hydrogens is 374 g/mol. The van der Waals surface area contributed by atoms with Gasteiger partial charge in [-0.3, -0.25) is 14.4 Å². The molecule has 0 radical (unpaired) electrons. The van der Waals surface area contributed by atoms with Gasteiger partial charge in [-0.25, -0.2) is 0 Å². The van der Waals surface area contributed by atoms with Gasteiger partial charge in [-0.05, 0) is 43.8 Å². The molecule has 2 heterocycles. The second-order valence-electron chi connectivity index (χ2n) is 6.88. The normalized spacial score (nSPS) is 19.4. The Morgan fingerprint density at radius 3 is 2.57 bits per heavy atom. The Kier molecular flexibility index (Phi) is 6.46. The monoisotopic (exact) mass is 399 g/mol. The number of rotatable bonds is 6. The van der Waals surface area contributed by atoms with Gasteiger partial charge in [0.25, 0.3) is 0 Å².